The van der Waals surface area contributed by atoms with Gasteiger partial charge >= 0.3 is 0 Å². The number of fused-ring (bicyclic) bond motifs is 1. The van der Waals surface area contributed by atoms with Gasteiger partial charge in [0.1, 0.15) is 11.5 Å². The maximum absolute atomic E-state index is 12.7. The summed E-state index contributed by atoms with van der Waals surface area (Å²) in [6, 6.07) is 11.5. The van der Waals surface area contributed by atoms with Crippen LogP contribution in [0.2, 0.25) is 0 Å². The number of amides is 1. The first-order valence-electron chi connectivity index (χ1n) is 10.9. The predicted octanol–water partition coefficient (Wildman–Crippen LogP) is 3.70. The third-order valence-electron chi connectivity index (χ3n) is 6.10. The molecule has 9 heteroatoms. The maximum atomic E-state index is 12.7. The molecule has 2 heterocycles. The molecule has 168 valence electrons. The van der Waals surface area contributed by atoms with Crippen LogP contribution in [0.4, 0.5) is 5.82 Å². The van der Waals surface area contributed by atoms with Crippen molar-refractivity contribution in [3.05, 3.63) is 59.8 Å². The van der Waals surface area contributed by atoms with Crippen molar-refractivity contribution in [3.63, 3.8) is 0 Å². The van der Waals surface area contributed by atoms with E-state index in [9.17, 15) is 13.2 Å². The first-order valence-corrected chi connectivity index (χ1v) is 12.4. The Kier molecular flexibility index (Phi) is 5.48. The number of rotatable bonds is 6. The highest BCUT2D eigenvalue weighted by atomic mass is 32.2. The van der Waals surface area contributed by atoms with Crippen LogP contribution in [0.5, 0.6) is 0 Å². The minimum atomic E-state index is -3.67. The third kappa shape index (κ3) is 4.53. The topological polar surface area (TPSA) is 128 Å². The summed E-state index contributed by atoms with van der Waals surface area (Å²) in [5.74, 6) is 0.629. The number of hydrogen-bond acceptors (Lipinski definition) is 5. The van der Waals surface area contributed by atoms with E-state index in [4.69, 9.17) is 5.26 Å². The molecule has 2 aromatic heterocycles. The lowest BCUT2D eigenvalue weighted by molar-refractivity contribution is -0.117. The summed E-state index contributed by atoms with van der Waals surface area (Å²) in [6.07, 6.45) is 7.64. The Morgan fingerprint density at radius 3 is 2.61 bits per heavy atom. The lowest BCUT2D eigenvalue weighted by atomic mass is 9.90. The van der Waals surface area contributed by atoms with Crippen LogP contribution in [-0.4, -0.2) is 30.3 Å². The van der Waals surface area contributed by atoms with E-state index in [-0.39, 0.29) is 22.8 Å². The molecule has 8 nitrogen and oxygen atoms in total. The summed E-state index contributed by atoms with van der Waals surface area (Å²) in [5.41, 5.74) is 3.24. The van der Waals surface area contributed by atoms with Crippen LogP contribution in [0.15, 0.2) is 53.6 Å². The number of aromatic amines is 1. The fourth-order valence-electron chi connectivity index (χ4n) is 4.12. The number of hydrogen-bond donors (Lipinski definition) is 3. The predicted molar refractivity (Wildman–Crippen MR) is 125 cm³/mol. The molecular formula is C24H23N5O3S. The fourth-order valence-corrected chi connectivity index (χ4v) is 5.41. The molecule has 1 aromatic carbocycles. The van der Waals surface area contributed by atoms with Gasteiger partial charge < -0.3 is 10.3 Å². The standard InChI is InChI=1S/C24H23N5O3S/c25-14-15-1-9-19(10-2-15)33(31,32)29-18-7-5-16(6-8-18)21-13-22(28-24(30)17-3-4-17)27-23-20(21)11-12-26-23/h1-2,5,9-13,17-18,29H,3-4,6-8H2,(H2,26,27,28,30). The van der Waals surface area contributed by atoms with Crippen molar-refractivity contribution in [2.45, 2.75) is 43.0 Å². The van der Waals surface area contributed by atoms with Gasteiger partial charge in [0.2, 0.25) is 15.9 Å². The molecule has 3 N–H and O–H groups in total. The Balaban J connectivity index is 1.33. The number of nitriles is 1. The fraction of sp³-hybridized carbons (Fsp3) is 0.292. The Hall–Kier alpha value is -3.48. The lowest BCUT2D eigenvalue weighted by Crippen LogP contribution is -2.35. The molecule has 2 aliphatic rings. The molecule has 0 saturated heterocycles. The first-order chi connectivity index (χ1) is 15.9. The molecule has 1 fully saturated rings. The van der Waals surface area contributed by atoms with Crippen molar-refractivity contribution in [1.29, 1.82) is 5.26 Å². The second-order valence-corrected chi connectivity index (χ2v) is 10.2. The first kappa shape index (κ1) is 21.4. The molecule has 1 unspecified atom stereocenters. The molecule has 2 aliphatic carbocycles. The van der Waals surface area contributed by atoms with Crippen molar-refractivity contribution < 1.29 is 13.2 Å². The smallest absolute Gasteiger partial charge is 0.240 e. The van der Waals surface area contributed by atoms with E-state index in [1.807, 2.05) is 24.4 Å². The van der Waals surface area contributed by atoms with Gasteiger partial charge in [0, 0.05) is 23.5 Å². The van der Waals surface area contributed by atoms with E-state index in [0.717, 1.165) is 29.4 Å². The molecule has 3 aromatic rings. The van der Waals surface area contributed by atoms with Crippen molar-refractivity contribution >= 4 is 38.4 Å². The zero-order valence-corrected chi connectivity index (χ0v) is 18.7. The lowest BCUT2D eigenvalue weighted by Gasteiger charge is -2.23. The van der Waals surface area contributed by atoms with Crippen molar-refractivity contribution in [2.75, 3.05) is 5.32 Å². The second-order valence-electron chi connectivity index (χ2n) is 8.52. The van der Waals surface area contributed by atoms with Crippen LogP contribution >= 0.6 is 0 Å². The van der Waals surface area contributed by atoms with E-state index in [1.165, 1.54) is 24.3 Å². The van der Waals surface area contributed by atoms with Crippen LogP contribution in [0.1, 0.15) is 43.2 Å². The van der Waals surface area contributed by atoms with Gasteiger partial charge in [-0.1, -0.05) is 6.08 Å². The number of carbonyl (C=O) groups excluding carboxylic acids is 1. The van der Waals surface area contributed by atoms with E-state index in [2.05, 4.69) is 26.1 Å². The highest BCUT2D eigenvalue weighted by molar-refractivity contribution is 7.89. The van der Waals surface area contributed by atoms with Gasteiger partial charge in [-0.15, -0.1) is 0 Å². The zero-order valence-electron chi connectivity index (χ0n) is 17.8. The van der Waals surface area contributed by atoms with Crippen LogP contribution in [0.3, 0.4) is 0 Å². The number of nitrogens with zero attached hydrogens (tertiary/aromatic N) is 2. The summed E-state index contributed by atoms with van der Waals surface area (Å²) in [7, 11) is -3.67. The SMILES string of the molecule is N#Cc1ccc(S(=O)(=O)NC2CC=C(c3cc(NC(=O)C4CC4)nc4[nH]ccc34)CC2)cc1. The number of aromatic nitrogens is 2. The number of pyridine rings is 1. The largest absolute Gasteiger partial charge is 0.346 e. The van der Waals surface area contributed by atoms with Crippen LogP contribution in [-0.2, 0) is 14.8 Å². The van der Waals surface area contributed by atoms with Crippen LogP contribution < -0.4 is 10.0 Å². The normalized spacial score (nSPS) is 18.5. The van der Waals surface area contributed by atoms with Gasteiger partial charge in [0.25, 0.3) is 0 Å². The number of H-pyrrole nitrogens is 1. The number of carbonyl (C=O) groups is 1. The van der Waals surface area contributed by atoms with Gasteiger partial charge in [-0.2, -0.15) is 5.26 Å². The molecule has 1 amide bonds. The summed E-state index contributed by atoms with van der Waals surface area (Å²) in [4.78, 5) is 20.0. The monoisotopic (exact) mass is 461 g/mol. The van der Waals surface area contributed by atoms with Gasteiger partial charge in [0.15, 0.2) is 0 Å². The van der Waals surface area contributed by atoms with Crippen molar-refractivity contribution in [3.8, 4) is 6.07 Å². The maximum Gasteiger partial charge on any atom is 0.240 e. The minimum absolute atomic E-state index is 0.00857. The molecule has 0 aliphatic heterocycles. The van der Waals surface area contributed by atoms with Crippen LogP contribution in [0, 0.1) is 17.2 Å². The molecule has 0 bridgehead atoms. The number of nitrogens with one attached hydrogen (secondary N) is 3. The Bertz CT molecular complexity index is 1400. The molecule has 0 radical (unpaired) electrons. The van der Waals surface area contributed by atoms with Crippen molar-refractivity contribution in [2.24, 2.45) is 5.92 Å². The van der Waals surface area contributed by atoms with E-state index in [0.29, 0.717) is 36.3 Å². The van der Waals surface area contributed by atoms with Crippen LogP contribution in [0.25, 0.3) is 16.6 Å². The van der Waals surface area contributed by atoms with Gasteiger partial charge in [-0.25, -0.2) is 18.1 Å². The van der Waals surface area contributed by atoms with E-state index >= 15 is 0 Å². The highest BCUT2D eigenvalue weighted by Crippen LogP contribution is 2.34. The molecular weight excluding hydrogens is 438 g/mol. The Labute approximate surface area is 191 Å². The van der Waals surface area contributed by atoms with Gasteiger partial charge in [-0.05, 0) is 79.6 Å². The number of sulfonamides is 1. The quantitative estimate of drug-likeness (QED) is 0.516. The Morgan fingerprint density at radius 2 is 1.94 bits per heavy atom. The summed E-state index contributed by atoms with van der Waals surface area (Å²) in [5, 5.41) is 12.8. The Morgan fingerprint density at radius 1 is 1.15 bits per heavy atom. The molecule has 0 spiro atoms. The van der Waals surface area contributed by atoms with Crippen molar-refractivity contribution in [1.82, 2.24) is 14.7 Å². The summed E-state index contributed by atoms with van der Waals surface area (Å²) >= 11 is 0. The number of anilines is 1. The minimum Gasteiger partial charge on any atom is -0.346 e. The van der Waals surface area contributed by atoms with Gasteiger partial charge in [0.05, 0.1) is 16.5 Å². The number of allylic oxidation sites excluding steroid dienone is 1. The molecule has 1 atom stereocenters. The molecule has 33 heavy (non-hydrogen) atoms. The zero-order chi connectivity index (χ0) is 23.0. The average molecular weight is 462 g/mol. The summed E-state index contributed by atoms with van der Waals surface area (Å²) < 4.78 is 28.2. The molecule has 1 saturated carbocycles. The number of benzene rings is 1. The highest BCUT2D eigenvalue weighted by Gasteiger charge is 2.30. The average Bonchev–Trinajstić information content (AvgIpc) is 3.57. The third-order valence-corrected chi connectivity index (χ3v) is 7.64. The molecule has 5 rings (SSSR count). The van der Waals surface area contributed by atoms with E-state index in [1.54, 1.807) is 0 Å². The van der Waals surface area contributed by atoms with Gasteiger partial charge in [-0.3, -0.25) is 4.79 Å². The van der Waals surface area contributed by atoms with E-state index < -0.39 is 10.0 Å². The summed E-state index contributed by atoms with van der Waals surface area (Å²) in [6.45, 7) is 0. The second kappa shape index (κ2) is 8.46.